The molecule has 0 aliphatic carbocycles. The van der Waals surface area contributed by atoms with Crippen LogP contribution in [-0.4, -0.2) is 128 Å². The summed E-state index contributed by atoms with van der Waals surface area (Å²) in [5, 5.41) is 67.5. The Morgan fingerprint density at radius 2 is 0.615 bits per heavy atom. The van der Waals surface area contributed by atoms with Gasteiger partial charge in [0.05, 0.1) is 22.8 Å². The zero-order chi connectivity index (χ0) is 74.2. The van der Waals surface area contributed by atoms with Crippen molar-refractivity contribution < 1.29 is 159 Å². The van der Waals surface area contributed by atoms with E-state index in [0.717, 1.165) is 62.8 Å². The van der Waals surface area contributed by atoms with Crippen molar-refractivity contribution in [3.8, 4) is 11.5 Å². The number of nitrogens with zero attached hydrogens (tertiary/aromatic N) is 10. The minimum atomic E-state index is -10.7. The van der Waals surface area contributed by atoms with Gasteiger partial charge in [0.1, 0.15) is 0 Å². The van der Waals surface area contributed by atoms with Crippen LogP contribution in [0, 0.1) is 0 Å². The SMILES string of the molecule is CC(=O)[O-].CC(=O)[O-].F[P-](F)(F)(F)(F)F.F[P-](F)(F)(F)(F)F.[Cu+2].[Cu+2].[Cu+2].[Cu+2].[O-]c1ccccc1C=NCC[C@@H]([O-])CN(CCN(Cc1ccccn1)Cc1ccccn1)Cc1ccccc1.[O-]c1ccccc1C=NCC[C@@H]([O-])CN(CCN(Cc1ccccn1)Cc1ccccn1)Cc1ccccc1. The summed E-state index contributed by atoms with van der Waals surface area (Å²) < 4.78 is 118. The summed E-state index contributed by atoms with van der Waals surface area (Å²) in [5.74, 6) is -2.29. The summed E-state index contributed by atoms with van der Waals surface area (Å²) >= 11 is 0. The number of aliphatic imine (C=N–C) groups is 2. The number of aliphatic carboxylic acids is 2. The second-order valence-corrected chi connectivity index (χ2v) is 25.8. The molecule has 8 rings (SSSR count). The Balaban J connectivity index is 0. The van der Waals surface area contributed by atoms with E-state index in [0.29, 0.717) is 89.4 Å². The molecule has 0 unspecified atom stereocenters. The van der Waals surface area contributed by atoms with E-state index in [-0.39, 0.29) is 79.8 Å². The average Bonchev–Trinajstić information content (AvgIpc) is 0.799. The standard InChI is InChI=1S/2C32H36N5O2.2C2H4O2.4Cu.2F6P/c2*38-31(16-19-33-22-28-12-4-5-15-32(28)39)26-36(23-27-10-2-1-3-11-27)20-21-37(24-29-13-6-8-17-34-29)25-30-14-7-9-18-35-30;2*1-2(3)4;;;;;2*1-7(2,3,4,5)6/h2*1-15,17-18,22,31,39H,16,19-21,23-26H2;2*1H3,(H,3,4);;;;;;/q2*-1;;;4*+2;2*-1/p-4/t2*31-;;;;;;;;/m11......../s1. The van der Waals surface area contributed by atoms with E-state index < -0.39 is 39.8 Å². The van der Waals surface area contributed by atoms with Crippen LogP contribution in [0.4, 0.5) is 50.4 Å². The van der Waals surface area contributed by atoms with Crippen LogP contribution in [0.15, 0.2) is 217 Å². The predicted octanol–water partition coefficient (Wildman–Crippen LogP) is 10.9. The molecule has 0 spiro atoms. The number of para-hydroxylation sites is 2. The minimum absolute atomic E-state index is 0. The van der Waals surface area contributed by atoms with Gasteiger partial charge >= 0.3 is 134 Å². The number of carbonyl (C=O) groups is 2. The molecule has 0 fully saturated rings. The van der Waals surface area contributed by atoms with Gasteiger partial charge in [-0.1, -0.05) is 133 Å². The third-order valence-electron chi connectivity index (χ3n) is 12.8. The number of carboxylic acids is 2. The van der Waals surface area contributed by atoms with Crippen LogP contribution in [0.5, 0.6) is 11.5 Å². The number of hydrogen-bond acceptors (Lipinski definition) is 18. The summed E-state index contributed by atoms with van der Waals surface area (Å²) in [6, 6.07) is 57.9. The van der Waals surface area contributed by atoms with E-state index in [9.17, 15) is 70.8 Å². The van der Waals surface area contributed by atoms with Gasteiger partial charge < -0.3 is 40.2 Å². The Morgan fingerprint density at radius 1 is 0.385 bits per heavy atom. The molecule has 18 nitrogen and oxygen atoms in total. The third-order valence-corrected chi connectivity index (χ3v) is 12.8. The third kappa shape index (κ3) is 59.5. The summed E-state index contributed by atoms with van der Waals surface area (Å²) in [5.41, 5.74) is 7.46. The molecule has 0 amide bonds. The van der Waals surface area contributed by atoms with Crippen molar-refractivity contribution in [2.24, 2.45) is 9.98 Å². The number of benzene rings is 4. The molecule has 0 saturated carbocycles. The first kappa shape index (κ1) is 99.3. The Bertz CT molecular complexity index is 3340. The van der Waals surface area contributed by atoms with Gasteiger partial charge in [-0.2, -0.15) is 0 Å². The topological polar surface area (TPSA) is 262 Å². The van der Waals surface area contributed by atoms with Gasteiger partial charge in [-0.15, -0.1) is 23.7 Å². The Morgan fingerprint density at radius 3 is 0.856 bits per heavy atom. The van der Waals surface area contributed by atoms with Crippen LogP contribution in [0.2, 0.25) is 0 Å². The van der Waals surface area contributed by atoms with Crippen molar-refractivity contribution in [3.05, 3.63) is 252 Å². The van der Waals surface area contributed by atoms with Crippen LogP contribution < -0.4 is 30.6 Å². The van der Waals surface area contributed by atoms with Crippen LogP contribution >= 0.6 is 15.6 Å². The predicted molar refractivity (Wildman–Crippen MR) is 351 cm³/mol. The van der Waals surface area contributed by atoms with Crippen LogP contribution in [-0.2, 0) is 117 Å². The average molecular weight is 1710 g/mol. The van der Waals surface area contributed by atoms with Gasteiger partial charge in [-0.3, -0.25) is 49.5 Å². The zero-order valence-electron chi connectivity index (χ0n) is 55.6. The maximum absolute atomic E-state index is 13.0. The second kappa shape index (κ2) is 47.7. The van der Waals surface area contributed by atoms with Crippen molar-refractivity contribution >= 4 is 40.0 Å². The first-order chi connectivity index (χ1) is 46.7. The van der Waals surface area contributed by atoms with Gasteiger partial charge in [-0.25, -0.2) is 0 Å². The second-order valence-electron chi connectivity index (χ2n) is 22.0. The first-order valence-electron chi connectivity index (χ1n) is 30.6. The smallest absolute Gasteiger partial charge is 0.872 e. The van der Waals surface area contributed by atoms with E-state index >= 15 is 0 Å². The summed E-state index contributed by atoms with van der Waals surface area (Å²) in [6.45, 7) is 10.8. The Hall–Kier alpha value is -6.78. The number of hydrogen-bond donors (Lipinski definition) is 0. The van der Waals surface area contributed by atoms with Crippen molar-refractivity contribution in [2.45, 2.75) is 78.2 Å². The Labute approximate surface area is 638 Å². The van der Waals surface area contributed by atoms with Crippen LogP contribution in [0.1, 0.15) is 71.7 Å². The number of halogens is 12. The number of aromatic nitrogens is 4. The molecule has 0 saturated heterocycles. The molecule has 4 aromatic carbocycles. The molecule has 104 heavy (non-hydrogen) atoms. The molecule has 0 aliphatic heterocycles. The van der Waals surface area contributed by atoms with E-state index in [4.69, 9.17) is 19.8 Å². The number of rotatable bonds is 30. The van der Waals surface area contributed by atoms with Crippen molar-refractivity contribution in [1.29, 1.82) is 0 Å². The largest absolute Gasteiger partial charge is 2.00 e. The maximum atomic E-state index is 13.0. The fraction of sp³-hybridized carbons (Fsp3) is 0.294. The molecule has 2 atom stereocenters. The van der Waals surface area contributed by atoms with E-state index in [1.165, 1.54) is 23.3 Å². The first-order valence-corrected chi connectivity index (χ1v) is 34.6. The fourth-order valence-corrected chi connectivity index (χ4v) is 8.73. The minimum Gasteiger partial charge on any atom is -0.872 e. The zero-order valence-corrected chi connectivity index (χ0v) is 61.2. The molecule has 8 aromatic rings. The van der Waals surface area contributed by atoms with Gasteiger partial charge in [0.2, 0.25) is 0 Å². The molecule has 0 bridgehead atoms. The van der Waals surface area contributed by atoms with E-state index in [1.807, 2.05) is 146 Å². The van der Waals surface area contributed by atoms with Crippen LogP contribution in [0.25, 0.3) is 0 Å². The van der Waals surface area contributed by atoms with Crippen molar-refractivity contribution in [3.63, 3.8) is 0 Å². The van der Waals surface area contributed by atoms with Gasteiger partial charge in [-0.05, 0) is 111 Å². The fourth-order valence-electron chi connectivity index (χ4n) is 8.73. The van der Waals surface area contributed by atoms with Gasteiger partial charge in [0.25, 0.3) is 0 Å². The molecule has 4 heterocycles. The molecule has 4 radical (unpaired) electrons. The molecule has 36 heteroatoms. The molecule has 0 aliphatic rings. The van der Waals surface area contributed by atoms with Crippen LogP contribution in [0.3, 0.4) is 0 Å². The Kier molecular flexibility index (Phi) is 45.5. The van der Waals surface area contributed by atoms with E-state index in [2.05, 4.69) is 73.8 Å². The molecule has 0 N–H and O–H groups in total. The summed E-state index contributed by atoms with van der Waals surface area (Å²) in [6.07, 6.45) is 9.66. The molecule has 4 aromatic heterocycles. The van der Waals surface area contributed by atoms with Gasteiger partial charge in [0.15, 0.2) is 0 Å². The number of carbonyl (C=O) groups excluding carboxylic acids is 2. The molecular formula is C68H76Cu4F12N10O8P2. The van der Waals surface area contributed by atoms with Crippen molar-refractivity contribution in [2.75, 3.05) is 52.4 Å². The monoisotopic (exact) mass is 1700 g/mol. The number of pyridine rings is 4. The summed E-state index contributed by atoms with van der Waals surface area (Å²) in [4.78, 5) is 53.6. The number of carboxylic acid groups (broad SMARTS) is 2. The molecule has 584 valence electrons. The van der Waals surface area contributed by atoms with Gasteiger partial charge in [0, 0.05) is 128 Å². The van der Waals surface area contributed by atoms with E-state index in [1.54, 1.807) is 36.7 Å². The normalized spacial score (nSPS) is 12.9. The summed E-state index contributed by atoms with van der Waals surface area (Å²) in [7, 11) is -21.3. The maximum Gasteiger partial charge on any atom is 2.00 e. The van der Waals surface area contributed by atoms with Crippen molar-refractivity contribution in [1.82, 2.24) is 39.5 Å². The quantitative estimate of drug-likeness (QED) is 0.0175. The molecular weight excluding hydrogens is 1630 g/mol.